The van der Waals surface area contributed by atoms with Crippen LogP contribution in [0.4, 0.5) is 5.69 Å². The zero-order chi connectivity index (χ0) is 16.3. The molecule has 0 aliphatic rings. The molecule has 112 valence electrons. The summed E-state index contributed by atoms with van der Waals surface area (Å²) in [6, 6.07) is 5.76. The van der Waals surface area contributed by atoms with E-state index in [1.807, 2.05) is 6.07 Å². The molecule has 0 aliphatic carbocycles. The highest BCUT2D eigenvalue weighted by molar-refractivity contribution is 7.10. The monoisotopic (exact) mass is 317 g/mol. The third kappa shape index (κ3) is 2.94. The van der Waals surface area contributed by atoms with Crippen molar-refractivity contribution in [3.63, 3.8) is 0 Å². The fourth-order valence-corrected chi connectivity index (χ4v) is 2.72. The van der Waals surface area contributed by atoms with Gasteiger partial charge >= 0.3 is 5.69 Å². The van der Waals surface area contributed by atoms with Gasteiger partial charge in [-0.3, -0.25) is 14.9 Å². The molecule has 8 heteroatoms. The van der Waals surface area contributed by atoms with Crippen molar-refractivity contribution in [2.24, 2.45) is 0 Å². The lowest BCUT2D eigenvalue weighted by molar-refractivity contribution is -0.385. The van der Waals surface area contributed by atoms with Gasteiger partial charge in [-0.15, -0.1) is 11.3 Å². The molecule has 0 radical (unpaired) electrons. The number of rotatable bonds is 5. The minimum Gasteiger partial charge on any atom is -0.490 e. The highest BCUT2D eigenvalue weighted by Crippen LogP contribution is 2.30. The Balaban J connectivity index is 2.42. The first-order valence-corrected chi connectivity index (χ1v) is 7.04. The number of hydrogen-bond donors (Lipinski definition) is 0. The lowest BCUT2D eigenvalue weighted by Crippen LogP contribution is -2.11. The molecule has 1 aromatic carbocycles. The number of nitriles is 1. The van der Waals surface area contributed by atoms with Crippen LogP contribution < -0.4 is 4.74 Å². The van der Waals surface area contributed by atoms with Gasteiger partial charge < -0.3 is 4.74 Å². The number of nitrogens with zero attached hydrogens (tertiary/aromatic N) is 3. The first-order chi connectivity index (χ1) is 10.5. The lowest BCUT2D eigenvalue weighted by atomic mass is 9.99. The molecule has 7 nitrogen and oxygen atoms in total. The zero-order valence-electron chi connectivity index (χ0n) is 11.8. The largest absolute Gasteiger partial charge is 0.490 e. The molecule has 0 fully saturated rings. The standard InChI is InChI=1S/C14H11N3O4S/c1-8-7-22-14(16-8)10(6-15)13(18)9-3-4-12(21-2)11(5-9)17(19)20/h3-5,7,10H,1-2H3. The molecule has 1 aromatic heterocycles. The van der Waals surface area contributed by atoms with Crippen molar-refractivity contribution in [1.82, 2.24) is 4.98 Å². The Morgan fingerprint density at radius 3 is 2.77 bits per heavy atom. The average Bonchev–Trinajstić information content (AvgIpc) is 2.93. The van der Waals surface area contributed by atoms with Gasteiger partial charge in [0.15, 0.2) is 17.5 Å². The summed E-state index contributed by atoms with van der Waals surface area (Å²) in [6.07, 6.45) is 0. The summed E-state index contributed by atoms with van der Waals surface area (Å²) < 4.78 is 4.89. The molecular formula is C14H11N3O4S. The molecular weight excluding hydrogens is 306 g/mol. The maximum absolute atomic E-state index is 12.4. The number of thiazole rings is 1. The van der Waals surface area contributed by atoms with E-state index in [0.717, 1.165) is 6.07 Å². The van der Waals surface area contributed by atoms with Gasteiger partial charge in [0.05, 0.1) is 18.1 Å². The summed E-state index contributed by atoms with van der Waals surface area (Å²) >= 11 is 1.21. The minimum atomic E-state index is -1.08. The molecule has 0 N–H and O–H groups in total. The van der Waals surface area contributed by atoms with Gasteiger partial charge in [-0.05, 0) is 19.1 Å². The SMILES string of the molecule is COc1ccc(C(=O)C(C#N)c2nc(C)cs2)cc1[N+](=O)[O-]. The van der Waals surface area contributed by atoms with Crippen molar-refractivity contribution in [1.29, 1.82) is 5.26 Å². The third-order valence-electron chi connectivity index (χ3n) is 2.94. The quantitative estimate of drug-likeness (QED) is 0.477. The van der Waals surface area contributed by atoms with Crippen molar-refractivity contribution in [2.45, 2.75) is 12.8 Å². The van der Waals surface area contributed by atoms with Crippen LogP contribution in [0.15, 0.2) is 23.6 Å². The molecule has 2 aromatic rings. The fourth-order valence-electron chi connectivity index (χ4n) is 1.88. The number of nitro groups is 1. The van der Waals surface area contributed by atoms with Crippen LogP contribution in [0.1, 0.15) is 27.0 Å². The van der Waals surface area contributed by atoms with E-state index in [1.165, 1.54) is 30.6 Å². The first kappa shape index (κ1) is 15.6. The lowest BCUT2D eigenvalue weighted by Gasteiger charge is -2.07. The average molecular weight is 317 g/mol. The third-order valence-corrected chi connectivity index (χ3v) is 3.96. The number of benzene rings is 1. The number of methoxy groups -OCH3 is 1. The van der Waals surface area contributed by atoms with Crippen molar-refractivity contribution in [3.05, 3.63) is 50.0 Å². The Kier molecular flexibility index (Phi) is 4.48. The summed E-state index contributed by atoms with van der Waals surface area (Å²) in [7, 11) is 1.31. The van der Waals surface area contributed by atoms with E-state index in [-0.39, 0.29) is 17.0 Å². The van der Waals surface area contributed by atoms with E-state index in [0.29, 0.717) is 10.7 Å². The van der Waals surface area contributed by atoms with Crippen LogP contribution in [-0.4, -0.2) is 22.8 Å². The number of hydrogen-bond acceptors (Lipinski definition) is 7. The molecule has 22 heavy (non-hydrogen) atoms. The fraction of sp³-hybridized carbons (Fsp3) is 0.214. The van der Waals surface area contributed by atoms with Crippen LogP contribution in [0.5, 0.6) is 5.75 Å². The molecule has 0 spiro atoms. The zero-order valence-corrected chi connectivity index (χ0v) is 12.6. The van der Waals surface area contributed by atoms with Crippen LogP contribution in [-0.2, 0) is 0 Å². The summed E-state index contributed by atoms with van der Waals surface area (Å²) in [6.45, 7) is 1.76. The molecule has 0 saturated carbocycles. The van der Waals surface area contributed by atoms with E-state index >= 15 is 0 Å². The van der Waals surface area contributed by atoms with E-state index in [9.17, 15) is 20.2 Å². The van der Waals surface area contributed by atoms with E-state index in [4.69, 9.17) is 4.74 Å². The summed E-state index contributed by atoms with van der Waals surface area (Å²) in [4.78, 5) is 26.9. The van der Waals surface area contributed by atoms with Crippen molar-refractivity contribution in [3.8, 4) is 11.8 Å². The smallest absolute Gasteiger partial charge is 0.311 e. The Morgan fingerprint density at radius 1 is 1.55 bits per heavy atom. The van der Waals surface area contributed by atoms with Crippen LogP contribution in [0.25, 0.3) is 0 Å². The topological polar surface area (TPSA) is 106 Å². The summed E-state index contributed by atoms with van der Waals surface area (Å²) in [5.74, 6) is -1.55. The molecule has 1 unspecified atom stereocenters. The second kappa shape index (κ2) is 6.32. The second-order valence-corrected chi connectivity index (χ2v) is 5.29. The van der Waals surface area contributed by atoms with Crippen LogP contribution in [0.3, 0.4) is 0 Å². The highest BCUT2D eigenvalue weighted by atomic mass is 32.1. The Labute approximate surface area is 129 Å². The Bertz CT molecular complexity index is 779. The Morgan fingerprint density at radius 2 is 2.27 bits per heavy atom. The highest BCUT2D eigenvalue weighted by Gasteiger charge is 2.27. The maximum atomic E-state index is 12.4. The molecule has 0 aliphatic heterocycles. The second-order valence-electron chi connectivity index (χ2n) is 4.40. The molecule has 1 heterocycles. The summed E-state index contributed by atoms with van der Waals surface area (Å²) in [5, 5.41) is 22.4. The molecule has 0 bridgehead atoms. The number of carbonyl (C=O) groups excluding carboxylic acids is 1. The molecule has 0 saturated heterocycles. The Hall–Kier alpha value is -2.79. The van der Waals surface area contributed by atoms with E-state index < -0.39 is 16.6 Å². The number of aryl methyl sites for hydroxylation is 1. The number of Topliss-reactive ketones (excluding diaryl/α,β-unsaturated/α-hetero) is 1. The van der Waals surface area contributed by atoms with Crippen molar-refractivity contribution in [2.75, 3.05) is 7.11 Å². The van der Waals surface area contributed by atoms with Gasteiger partial charge in [0.25, 0.3) is 0 Å². The summed E-state index contributed by atoms with van der Waals surface area (Å²) in [5.41, 5.74) is 0.473. The van der Waals surface area contributed by atoms with Gasteiger partial charge in [0.1, 0.15) is 5.01 Å². The van der Waals surface area contributed by atoms with Crippen LogP contribution in [0, 0.1) is 28.4 Å². The molecule has 0 amide bonds. The molecule has 2 rings (SSSR count). The van der Waals surface area contributed by atoms with Crippen LogP contribution in [0.2, 0.25) is 0 Å². The predicted octanol–water partition coefficient (Wildman–Crippen LogP) is 2.86. The van der Waals surface area contributed by atoms with Crippen LogP contribution >= 0.6 is 11.3 Å². The van der Waals surface area contributed by atoms with E-state index in [2.05, 4.69) is 4.98 Å². The number of carbonyl (C=O) groups is 1. The minimum absolute atomic E-state index is 0.0557. The number of nitro benzene ring substituents is 1. The van der Waals surface area contributed by atoms with Crippen molar-refractivity contribution < 1.29 is 14.5 Å². The van der Waals surface area contributed by atoms with Gasteiger partial charge in [0, 0.05) is 22.7 Å². The first-order valence-electron chi connectivity index (χ1n) is 6.16. The van der Waals surface area contributed by atoms with Gasteiger partial charge in [-0.1, -0.05) is 0 Å². The number of aromatic nitrogens is 1. The van der Waals surface area contributed by atoms with Gasteiger partial charge in [-0.25, -0.2) is 4.98 Å². The van der Waals surface area contributed by atoms with Crippen molar-refractivity contribution >= 4 is 22.8 Å². The maximum Gasteiger partial charge on any atom is 0.311 e. The van der Waals surface area contributed by atoms with Gasteiger partial charge in [0.2, 0.25) is 0 Å². The number of ether oxygens (including phenoxy) is 1. The normalized spacial score (nSPS) is 11.5. The number of ketones is 1. The van der Waals surface area contributed by atoms with Gasteiger partial charge in [-0.2, -0.15) is 5.26 Å². The predicted molar refractivity (Wildman–Crippen MR) is 79.2 cm³/mol. The van der Waals surface area contributed by atoms with E-state index in [1.54, 1.807) is 12.3 Å². The molecule has 1 atom stereocenters.